The van der Waals surface area contributed by atoms with Gasteiger partial charge in [-0.3, -0.25) is 9.59 Å². The SMILES string of the molecule is CCCNC1=CC(=O)c2c(O)c3c(c(O)c2C1=O)OC1(C3)CC(O)c2cc3cc(C(=O)OC)oc(=O)c3c(O)c2O1. The molecule has 41 heavy (non-hydrogen) atoms. The molecule has 5 N–H and O–H groups in total. The van der Waals surface area contributed by atoms with Gasteiger partial charge in [-0.1, -0.05) is 6.92 Å². The van der Waals surface area contributed by atoms with Crippen molar-refractivity contribution in [2.75, 3.05) is 13.7 Å². The highest BCUT2D eigenvalue weighted by atomic mass is 16.7. The number of carbonyl (C=O) groups excluding carboxylic acids is 3. The lowest BCUT2D eigenvalue weighted by molar-refractivity contribution is -0.139. The Morgan fingerprint density at radius 3 is 2.51 bits per heavy atom. The predicted octanol–water partition coefficient (Wildman–Crippen LogP) is 2.11. The number of Topliss-reactive ketones (excluding diaryl/α,β-unsaturated/α-hetero) is 1. The minimum absolute atomic E-state index is 0.0427. The van der Waals surface area contributed by atoms with E-state index in [0.29, 0.717) is 13.0 Å². The highest BCUT2D eigenvalue weighted by Crippen LogP contribution is 2.56. The van der Waals surface area contributed by atoms with Crippen LogP contribution in [-0.2, 0) is 11.2 Å². The van der Waals surface area contributed by atoms with Crippen LogP contribution in [0.2, 0.25) is 0 Å². The fourth-order valence-electron chi connectivity index (χ4n) is 5.47. The van der Waals surface area contributed by atoms with Crippen LogP contribution in [0.4, 0.5) is 0 Å². The van der Waals surface area contributed by atoms with E-state index in [4.69, 9.17) is 13.9 Å². The number of aliphatic hydroxyl groups is 1. The zero-order chi connectivity index (χ0) is 29.4. The quantitative estimate of drug-likeness (QED) is 0.228. The van der Waals surface area contributed by atoms with Crippen LogP contribution in [0.25, 0.3) is 10.8 Å². The number of phenolic OH excluding ortho intramolecular Hbond substituents is 3. The van der Waals surface area contributed by atoms with Crippen LogP contribution in [0.1, 0.15) is 68.3 Å². The Labute approximate surface area is 230 Å². The van der Waals surface area contributed by atoms with Crippen molar-refractivity contribution in [1.82, 2.24) is 5.32 Å². The first-order valence-corrected chi connectivity index (χ1v) is 12.6. The van der Waals surface area contributed by atoms with E-state index >= 15 is 0 Å². The highest BCUT2D eigenvalue weighted by Gasteiger charge is 2.52. The summed E-state index contributed by atoms with van der Waals surface area (Å²) in [5, 5.41) is 46.8. The number of phenols is 3. The molecule has 2 aromatic carbocycles. The molecule has 1 aromatic heterocycles. The Kier molecular flexibility index (Phi) is 5.75. The number of fused-ring (bicyclic) bond motifs is 4. The zero-order valence-electron chi connectivity index (χ0n) is 21.7. The van der Waals surface area contributed by atoms with Crippen molar-refractivity contribution in [3.05, 3.63) is 62.3 Å². The summed E-state index contributed by atoms with van der Waals surface area (Å²) >= 11 is 0. The second kappa shape index (κ2) is 8.99. The maximum Gasteiger partial charge on any atom is 0.374 e. The Morgan fingerprint density at radius 1 is 1.07 bits per heavy atom. The number of nitrogens with one attached hydrogen (secondary N) is 1. The summed E-state index contributed by atoms with van der Waals surface area (Å²) in [5.74, 6) is -7.19. The van der Waals surface area contributed by atoms with Crippen molar-refractivity contribution in [1.29, 1.82) is 0 Å². The van der Waals surface area contributed by atoms with Gasteiger partial charge >= 0.3 is 11.6 Å². The van der Waals surface area contributed by atoms with E-state index in [9.17, 15) is 39.6 Å². The summed E-state index contributed by atoms with van der Waals surface area (Å²) in [6.07, 6.45) is -0.223. The Morgan fingerprint density at radius 2 is 1.80 bits per heavy atom. The van der Waals surface area contributed by atoms with Crippen molar-refractivity contribution in [3.8, 4) is 28.7 Å². The molecule has 0 saturated heterocycles. The lowest BCUT2D eigenvalue weighted by Gasteiger charge is -2.37. The molecular formula is C28H23NO12. The molecule has 2 atom stereocenters. The van der Waals surface area contributed by atoms with Crippen molar-refractivity contribution in [2.24, 2.45) is 0 Å². The second-order valence-corrected chi connectivity index (χ2v) is 9.94. The number of ether oxygens (including phenoxy) is 3. The number of aromatic hydroxyl groups is 3. The van der Waals surface area contributed by atoms with Gasteiger partial charge in [0.1, 0.15) is 11.1 Å². The van der Waals surface area contributed by atoms with Crippen LogP contribution >= 0.6 is 0 Å². The smallest absolute Gasteiger partial charge is 0.374 e. The van der Waals surface area contributed by atoms with Gasteiger partial charge in [0.25, 0.3) is 5.79 Å². The molecule has 1 spiro atoms. The molecule has 13 heteroatoms. The van der Waals surface area contributed by atoms with Crippen molar-refractivity contribution >= 4 is 28.3 Å². The second-order valence-electron chi connectivity index (χ2n) is 9.94. The number of methoxy groups -OCH3 is 1. The van der Waals surface area contributed by atoms with E-state index in [-0.39, 0.29) is 51.9 Å². The van der Waals surface area contributed by atoms with Crippen LogP contribution < -0.4 is 20.4 Å². The molecule has 0 bridgehead atoms. The molecule has 13 nitrogen and oxygen atoms in total. The molecule has 0 radical (unpaired) electrons. The number of aliphatic hydroxyl groups excluding tert-OH is 1. The van der Waals surface area contributed by atoms with Crippen molar-refractivity contribution in [2.45, 2.75) is 38.1 Å². The molecule has 6 rings (SSSR count). The third-order valence-corrected chi connectivity index (χ3v) is 7.34. The third kappa shape index (κ3) is 3.73. The van der Waals surface area contributed by atoms with E-state index in [1.807, 2.05) is 6.92 Å². The number of allylic oxidation sites excluding steroid dienone is 2. The largest absolute Gasteiger partial charge is 0.507 e. The average Bonchev–Trinajstić information content (AvgIpc) is 3.31. The number of esters is 1. The molecule has 0 fully saturated rings. The lowest BCUT2D eigenvalue weighted by Crippen LogP contribution is -2.45. The van der Waals surface area contributed by atoms with Crippen molar-refractivity contribution < 1.29 is 53.4 Å². The van der Waals surface area contributed by atoms with Gasteiger partial charge in [0.05, 0.1) is 42.9 Å². The first-order valence-electron chi connectivity index (χ1n) is 12.6. The number of rotatable bonds is 4. The fourth-order valence-corrected chi connectivity index (χ4v) is 5.47. The molecule has 0 saturated carbocycles. The van der Waals surface area contributed by atoms with Crippen LogP contribution in [0.15, 0.2) is 33.1 Å². The van der Waals surface area contributed by atoms with Gasteiger partial charge in [0.2, 0.25) is 11.5 Å². The molecule has 2 aliphatic heterocycles. The maximum atomic E-state index is 13.1. The summed E-state index contributed by atoms with van der Waals surface area (Å²) in [7, 11) is 1.10. The van der Waals surface area contributed by atoms with E-state index in [0.717, 1.165) is 13.2 Å². The number of hydrogen-bond donors (Lipinski definition) is 5. The van der Waals surface area contributed by atoms with Crippen LogP contribution in [0.3, 0.4) is 0 Å². The molecular weight excluding hydrogens is 542 g/mol. The summed E-state index contributed by atoms with van der Waals surface area (Å²) in [6.45, 7) is 2.26. The minimum atomic E-state index is -1.81. The Balaban J connectivity index is 1.43. The number of ketones is 2. The molecule has 3 heterocycles. The van der Waals surface area contributed by atoms with Gasteiger partial charge in [0, 0.05) is 23.7 Å². The first kappa shape index (κ1) is 26.2. The van der Waals surface area contributed by atoms with Crippen LogP contribution in [0.5, 0.6) is 28.7 Å². The monoisotopic (exact) mass is 565 g/mol. The minimum Gasteiger partial charge on any atom is -0.507 e. The van der Waals surface area contributed by atoms with Crippen molar-refractivity contribution in [3.63, 3.8) is 0 Å². The maximum absolute atomic E-state index is 13.1. The summed E-state index contributed by atoms with van der Waals surface area (Å²) in [6, 6.07) is 2.52. The normalized spacial score (nSPS) is 20.6. The molecule has 3 aromatic rings. The average molecular weight is 565 g/mol. The summed E-state index contributed by atoms with van der Waals surface area (Å²) < 4.78 is 21.5. The van der Waals surface area contributed by atoms with Gasteiger partial charge < -0.3 is 44.4 Å². The van der Waals surface area contributed by atoms with E-state index in [1.54, 1.807) is 0 Å². The van der Waals surface area contributed by atoms with Crippen LogP contribution in [-0.4, -0.2) is 57.4 Å². The standard InChI is InChI=1S/C28H23NO12/c1-3-4-29-13-7-14(30)18-19(21(13)33)23(35)25-12(20(18)32)8-28(41-25)9-15(31)11-5-10-6-16(26(36)38-2)39-27(37)17(10)22(34)24(11)40-28/h5-7,15,29,31-32,34-35H,3-4,8-9H2,1-2H3. The molecule has 1 aliphatic carbocycles. The molecule has 3 aliphatic rings. The Bertz CT molecular complexity index is 1800. The van der Waals surface area contributed by atoms with Gasteiger partial charge in [0.15, 0.2) is 28.8 Å². The molecule has 212 valence electrons. The van der Waals surface area contributed by atoms with Crippen LogP contribution in [0, 0.1) is 0 Å². The van der Waals surface area contributed by atoms with Gasteiger partial charge in [-0.05, 0) is 23.9 Å². The summed E-state index contributed by atoms with van der Waals surface area (Å²) in [5.41, 5.74) is -1.92. The van der Waals surface area contributed by atoms with E-state index in [2.05, 4.69) is 10.1 Å². The number of carbonyl (C=O) groups is 3. The Hall–Kier alpha value is -5.04. The highest BCUT2D eigenvalue weighted by molar-refractivity contribution is 6.27. The zero-order valence-corrected chi connectivity index (χ0v) is 21.7. The molecule has 0 amide bonds. The predicted molar refractivity (Wildman–Crippen MR) is 138 cm³/mol. The van der Waals surface area contributed by atoms with Gasteiger partial charge in [-0.2, -0.15) is 0 Å². The van der Waals surface area contributed by atoms with Gasteiger partial charge in [-0.25, -0.2) is 9.59 Å². The number of benzene rings is 2. The number of hydrogen-bond acceptors (Lipinski definition) is 13. The lowest BCUT2D eigenvalue weighted by atomic mass is 9.86. The van der Waals surface area contributed by atoms with E-state index in [1.165, 1.54) is 12.1 Å². The van der Waals surface area contributed by atoms with E-state index < -0.39 is 69.2 Å². The fraction of sp³-hybridized carbons (Fsp3) is 0.286. The van der Waals surface area contributed by atoms with Gasteiger partial charge in [-0.15, -0.1) is 0 Å². The first-order chi connectivity index (χ1) is 19.5. The topological polar surface area (TPSA) is 202 Å². The molecule has 2 unspecified atom stereocenters. The third-order valence-electron chi connectivity index (χ3n) is 7.34. The summed E-state index contributed by atoms with van der Waals surface area (Å²) in [4.78, 5) is 50.6.